The smallest absolute Gasteiger partial charge is 0.253 e. The molecule has 6 nitrogen and oxygen atoms in total. The Kier molecular flexibility index (Phi) is 2.84. The predicted molar refractivity (Wildman–Crippen MR) is 62.0 cm³/mol. The van der Waals surface area contributed by atoms with Gasteiger partial charge in [0.15, 0.2) is 0 Å². The Labute approximate surface area is 98.6 Å². The van der Waals surface area contributed by atoms with Gasteiger partial charge in [-0.15, -0.1) is 0 Å². The van der Waals surface area contributed by atoms with Crippen molar-refractivity contribution >= 4 is 10.0 Å². The summed E-state index contributed by atoms with van der Waals surface area (Å²) in [5.74, 6) is 0.0410. The van der Waals surface area contributed by atoms with Crippen LogP contribution in [0.1, 0.15) is 6.92 Å². The predicted octanol–water partition coefficient (Wildman–Crippen LogP) is 0.849. The Balaban J connectivity index is 2.40. The van der Waals surface area contributed by atoms with Crippen LogP contribution in [0.5, 0.6) is 5.75 Å². The number of aromatic nitrogens is 3. The summed E-state index contributed by atoms with van der Waals surface area (Å²) in [6.45, 7) is 1.55. The van der Waals surface area contributed by atoms with Gasteiger partial charge in [0, 0.05) is 5.56 Å². The van der Waals surface area contributed by atoms with Gasteiger partial charge in [0.25, 0.3) is 10.0 Å². The molecular weight excluding hydrogens is 242 g/mol. The summed E-state index contributed by atoms with van der Waals surface area (Å²) < 4.78 is 24.0. The molecule has 0 aliphatic rings. The van der Waals surface area contributed by atoms with Gasteiger partial charge in [0.05, 0.1) is 30.0 Å². The highest BCUT2D eigenvalue weighted by Crippen LogP contribution is 2.18. The third-order valence-corrected chi connectivity index (χ3v) is 3.75. The van der Waals surface area contributed by atoms with Gasteiger partial charge in [-0.1, -0.05) is 0 Å². The molecule has 0 aliphatic heterocycles. The Morgan fingerprint density at radius 1 is 1.35 bits per heavy atom. The highest BCUT2D eigenvalue weighted by atomic mass is 32.2. The number of pyridine rings is 1. The fourth-order valence-electron chi connectivity index (χ4n) is 1.28. The van der Waals surface area contributed by atoms with Gasteiger partial charge in [-0.2, -0.15) is 9.19 Å². The second-order valence-corrected chi connectivity index (χ2v) is 5.52. The van der Waals surface area contributed by atoms with E-state index in [0.29, 0.717) is 11.3 Å². The van der Waals surface area contributed by atoms with Crippen LogP contribution in [0.2, 0.25) is 0 Å². The van der Waals surface area contributed by atoms with Gasteiger partial charge in [0.1, 0.15) is 5.75 Å². The second kappa shape index (κ2) is 4.17. The third-order valence-electron chi connectivity index (χ3n) is 2.25. The van der Waals surface area contributed by atoms with Crippen molar-refractivity contribution in [1.29, 1.82) is 0 Å². The molecule has 0 saturated heterocycles. The summed E-state index contributed by atoms with van der Waals surface area (Å²) in [7, 11) is -3.37. The monoisotopic (exact) mass is 253 g/mol. The molecule has 2 rings (SSSR count). The van der Waals surface area contributed by atoms with Crippen LogP contribution in [0.15, 0.2) is 30.7 Å². The molecule has 0 bridgehead atoms. The summed E-state index contributed by atoms with van der Waals surface area (Å²) in [5, 5.41) is 12.9. The highest BCUT2D eigenvalue weighted by Gasteiger charge is 2.12. The molecule has 17 heavy (non-hydrogen) atoms. The molecule has 2 aromatic heterocycles. The van der Waals surface area contributed by atoms with Crippen molar-refractivity contribution in [3.05, 3.63) is 30.7 Å². The zero-order valence-electron chi connectivity index (χ0n) is 9.11. The van der Waals surface area contributed by atoms with Gasteiger partial charge in [-0.25, -0.2) is 8.42 Å². The number of rotatable bonds is 3. The molecule has 0 atom stereocenters. The molecule has 90 valence electrons. The number of hydrogen-bond donors (Lipinski definition) is 1. The van der Waals surface area contributed by atoms with E-state index in [1.54, 1.807) is 13.0 Å². The Morgan fingerprint density at radius 2 is 2.12 bits per heavy atom. The first-order valence-electron chi connectivity index (χ1n) is 4.96. The van der Waals surface area contributed by atoms with Crippen LogP contribution in [0.3, 0.4) is 0 Å². The van der Waals surface area contributed by atoms with Crippen LogP contribution in [-0.2, 0) is 10.0 Å². The van der Waals surface area contributed by atoms with Crippen molar-refractivity contribution in [2.45, 2.75) is 6.92 Å². The van der Waals surface area contributed by atoms with E-state index < -0.39 is 10.0 Å². The van der Waals surface area contributed by atoms with E-state index in [-0.39, 0.29) is 11.5 Å². The number of aromatic hydroxyl groups is 1. The molecule has 0 fully saturated rings. The van der Waals surface area contributed by atoms with E-state index in [4.69, 9.17) is 5.11 Å². The molecular formula is C10H11N3O3S. The van der Waals surface area contributed by atoms with E-state index in [9.17, 15) is 8.42 Å². The first-order chi connectivity index (χ1) is 8.03. The molecule has 0 radical (unpaired) electrons. The van der Waals surface area contributed by atoms with E-state index in [0.717, 1.165) is 4.09 Å². The highest BCUT2D eigenvalue weighted by molar-refractivity contribution is 7.89. The zero-order valence-corrected chi connectivity index (χ0v) is 9.92. The molecule has 0 spiro atoms. The maximum Gasteiger partial charge on any atom is 0.253 e. The topological polar surface area (TPSA) is 85.1 Å². The van der Waals surface area contributed by atoms with Crippen LogP contribution in [0.25, 0.3) is 11.3 Å². The lowest BCUT2D eigenvalue weighted by atomic mass is 10.2. The van der Waals surface area contributed by atoms with Crippen LogP contribution >= 0.6 is 0 Å². The van der Waals surface area contributed by atoms with Crippen LogP contribution < -0.4 is 0 Å². The molecule has 0 amide bonds. The summed E-state index contributed by atoms with van der Waals surface area (Å²) in [4.78, 5) is 3.97. The molecule has 7 heteroatoms. The molecule has 0 unspecified atom stereocenters. The van der Waals surface area contributed by atoms with Gasteiger partial charge >= 0.3 is 0 Å². The van der Waals surface area contributed by atoms with Crippen LogP contribution in [-0.4, -0.2) is 33.4 Å². The lowest BCUT2D eigenvalue weighted by Crippen LogP contribution is -2.14. The van der Waals surface area contributed by atoms with Crippen molar-refractivity contribution in [3.8, 4) is 17.0 Å². The SMILES string of the molecule is CCS(=O)(=O)n1cc(-c2ccc(O)cn2)cn1. The van der Waals surface area contributed by atoms with Gasteiger partial charge in [-0.3, -0.25) is 4.98 Å². The maximum absolute atomic E-state index is 11.5. The molecule has 0 saturated carbocycles. The second-order valence-electron chi connectivity index (χ2n) is 3.40. The average molecular weight is 253 g/mol. The first-order valence-corrected chi connectivity index (χ1v) is 6.57. The fourth-order valence-corrected chi connectivity index (χ4v) is 2.01. The lowest BCUT2D eigenvalue weighted by molar-refractivity contribution is 0.473. The van der Waals surface area contributed by atoms with Crippen LogP contribution in [0.4, 0.5) is 0 Å². The van der Waals surface area contributed by atoms with E-state index in [1.807, 2.05) is 0 Å². The zero-order chi connectivity index (χ0) is 12.5. The summed E-state index contributed by atoms with van der Waals surface area (Å²) in [6, 6.07) is 3.07. The molecule has 1 N–H and O–H groups in total. The molecule has 2 heterocycles. The summed E-state index contributed by atoms with van der Waals surface area (Å²) in [6.07, 6.45) is 4.12. The van der Waals surface area contributed by atoms with E-state index in [2.05, 4.69) is 10.1 Å². The van der Waals surface area contributed by atoms with Gasteiger partial charge in [-0.05, 0) is 19.1 Å². The number of nitrogens with zero attached hydrogens (tertiary/aromatic N) is 3. The average Bonchev–Trinajstić information content (AvgIpc) is 2.80. The fraction of sp³-hybridized carbons (Fsp3) is 0.200. The van der Waals surface area contributed by atoms with Crippen LogP contribution in [0, 0.1) is 0 Å². The summed E-state index contributed by atoms with van der Waals surface area (Å²) in [5.41, 5.74) is 1.14. The maximum atomic E-state index is 11.5. The molecule has 0 aromatic carbocycles. The van der Waals surface area contributed by atoms with Crippen molar-refractivity contribution in [1.82, 2.24) is 14.2 Å². The minimum Gasteiger partial charge on any atom is -0.506 e. The minimum atomic E-state index is -3.37. The Hall–Kier alpha value is -1.89. The number of hydrogen-bond acceptors (Lipinski definition) is 5. The normalized spacial score (nSPS) is 11.6. The largest absolute Gasteiger partial charge is 0.506 e. The van der Waals surface area contributed by atoms with Gasteiger partial charge < -0.3 is 5.11 Å². The summed E-state index contributed by atoms with van der Waals surface area (Å²) >= 11 is 0. The Morgan fingerprint density at radius 3 is 2.71 bits per heavy atom. The van der Waals surface area contributed by atoms with E-state index >= 15 is 0 Å². The van der Waals surface area contributed by atoms with Crippen molar-refractivity contribution < 1.29 is 13.5 Å². The van der Waals surface area contributed by atoms with Gasteiger partial charge in [0.2, 0.25) is 0 Å². The van der Waals surface area contributed by atoms with Crippen molar-refractivity contribution in [2.24, 2.45) is 0 Å². The quantitative estimate of drug-likeness (QED) is 0.876. The van der Waals surface area contributed by atoms with Crippen molar-refractivity contribution in [3.63, 3.8) is 0 Å². The van der Waals surface area contributed by atoms with E-state index in [1.165, 1.54) is 24.7 Å². The lowest BCUT2D eigenvalue weighted by Gasteiger charge is -1.99. The van der Waals surface area contributed by atoms with Crippen molar-refractivity contribution in [2.75, 3.05) is 5.75 Å². The third kappa shape index (κ3) is 2.28. The minimum absolute atomic E-state index is 0.0167. The standard InChI is InChI=1S/C10H11N3O3S/c1-2-17(15,16)13-7-8(5-12-13)10-4-3-9(14)6-11-10/h3-7,14H,2H2,1H3. The first kappa shape index (κ1) is 11.6. The molecule has 2 aromatic rings. The molecule has 0 aliphatic carbocycles. The Bertz CT molecular complexity index is 617.